The molecule has 0 fully saturated rings. The van der Waals surface area contributed by atoms with Crippen molar-refractivity contribution in [1.82, 2.24) is 15.0 Å². The van der Waals surface area contributed by atoms with Gasteiger partial charge in [0.2, 0.25) is 0 Å². The molecule has 0 aliphatic carbocycles. The molecule has 8 aromatic carbocycles. The van der Waals surface area contributed by atoms with Crippen LogP contribution in [0, 0.1) is 0 Å². The second-order valence-electron chi connectivity index (χ2n) is 12.8. The zero-order chi connectivity index (χ0) is 33.7. The summed E-state index contributed by atoms with van der Waals surface area (Å²) < 4.78 is 6.46. The summed E-state index contributed by atoms with van der Waals surface area (Å²) in [5, 5.41) is 6.74. The zero-order valence-corrected chi connectivity index (χ0v) is 27.5. The Bertz CT molecular complexity index is 2910. The van der Waals surface area contributed by atoms with Crippen LogP contribution in [0.4, 0.5) is 0 Å². The quantitative estimate of drug-likeness (QED) is 0.186. The Balaban J connectivity index is 1.27. The fourth-order valence-corrected chi connectivity index (χ4v) is 7.27. The number of rotatable bonds is 5. The Morgan fingerprint density at radius 2 is 0.980 bits per heavy atom. The van der Waals surface area contributed by atoms with Gasteiger partial charge in [0.05, 0.1) is 0 Å². The Kier molecular flexibility index (Phi) is 6.78. The van der Waals surface area contributed by atoms with Crippen LogP contribution in [-0.4, -0.2) is 15.0 Å². The van der Waals surface area contributed by atoms with E-state index in [-0.39, 0.29) is 0 Å². The first-order valence-electron chi connectivity index (χ1n) is 17.1. The van der Waals surface area contributed by atoms with Crippen LogP contribution in [0.5, 0.6) is 0 Å². The Hall–Kier alpha value is -6.91. The van der Waals surface area contributed by atoms with Gasteiger partial charge in [-0.25, -0.2) is 15.0 Å². The maximum absolute atomic E-state index is 6.46. The zero-order valence-electron chi connectivity index (χ0n) is 27.5. The standard InChI is InChI=1S/C47H29N3O/c1-3-13-31(14-4-1)37-20-11-18-32-23-24-35(29-40(32)37)43-39(26-27-42-44(43)38-19-9-10-21-41(38)51-42)47-49-45(33-15-5-2-6-16-33)48-46(50-47)36-25-22-30-12-7-8-17-34(30)28-36/h1-29H. The van der Waals surface area contributed by atoms with Gasteiger partial charge in [-0.3, -0.25) is 0 Å². The van der Waals surface area contributed by atoms with Gasteiger partial charge in [0.25, 0.3) is 0 Å². The molecule has 10 rings (SSSR count). The average Bonchev–Trinajstić information content (AvgIpc) is 3.59. The van der Waals surface area contributed by atoms with Gasteiger partial charge in [0.15, 0.2) is 17.5 Å². The number of benzene rings is 8. The molecule has 51 heavy (non-hydrogen) atoms. The number of hydrogen-bond donors (Lipinski definition) is 0. The molecule has 0 N–H and O–H groups in total. The summed E-state index contributed by atoms with van der Waals surface area (Å²) in [5.74, 6) is 1.85. The summed E-state index contributed by atoms with van der Waals surface area (Å²) in [4.78, 5) is 15.5. The lowest BCUT2D eigenvalue weighted by atomic mass is 9.90. The fourth-order valence-electron chi connectivity index (χ4n) is 7.27. The average molecular weight is 652 g/mol. The summed E-state index contributed by atoms with van der Waals surface area (Å²) in [6.45, 7) is 0. The number of nitrogens with zero attached hydrogens (tertiary/aromatic N) is 3. The van der Waals surface area contributed by atoms with Gasteiger partial charge in [0.1, 0.15) is 11.2 Å². The molecule has 0 saturated carbocycles. The van der Waals surface area contributed by atoms with E-state index in [9.17, 15) is 0 Å². The smallest absolute Gasteiger partial charge is 0.164 e. The minimum absolute atomic E-state index is 0.602. The van der Waals surface area contributed by atoms with Crippen LogP contribution in [0.15, 0.2) is 180 Å². The molecule has 0 spiro atoms. The molecule has 2 heterocycles. The molecule has 0 aliphatic heterocycles. The van der Waals surface area contributed by atoms with Crippen molar-refractivity contribution >= 4 is 43.5 Å². The molecule has 0 bridgehead atoms. The van der Waals surface area contributed by atoms with E-state index in [1.54, 1.807) is 0 Å². The van der Waals surface area contributed by atoms with Crippen LogP contribution in [0.25, 0.3) is 99.9 Å². The van der Waals surface area contributed by atoms with E-state index in [1.165, 1.54) is 27.3 Å². The van der Waals surface area contributed by atoms with E-state index < -0.39 is 0 Å². The predicted octanol–water partition coefficient (Wildman–Crippen LogP) is 12.4. The Morgan fingerprint density at radius 3 is 1.82 bits per heavy atom. The Labute approximate surface area is 294 Å². The van der Waals surface area contributed by atoms with E-state index in [1.807, 2.05) is 48.5 Å². The second kappa shape index (κ2) is 11.9. The topological polar surface area (TPSA) is 51.8 Å². The largest absolute Gasteiger partial charge is 0.456 e. The third-order valence-electron chi connectivity index (χ3n) is 9.71. The van der Waals surface area contributed by atoms with E-state index in [0.29, 0.717) is 17.5 Å². The SMILES string of the molecule is c1ccc(-c2nc(-c3ccc4ccccc4c3)nc(-c3ccc4oc5ccccc5c4c3-c3ccc4cccc(-c5ccccc5)c4c3)n2)cc1. The van der Waals surface area contributed by atoms with Gasteiger partial charge in [-0.15, -0.1) is 0 Å². The van der Waals surface area contributed by atoms with Crippen molar-refractivity contribution in [2.24, 2.45) is 0 Å². The highest BCUT2D eigenvalue weighted by Crippen LogP contribution is 2.44. The Morgan fingerprint density at radius 1 is 0.333 bits per heavy atom. The van der Waals surface area contributed by atoms with E-state index in [2.05, 4.69) is 127 Å². The highest BCUT2D eigenvalue weighted by molar-refractivity contribution is 6.16. The van der Waals surface area contributed by atoms with Crippen LogP contribution in [0.1, 0.15) is 0 Å². The van der Waals surface area contributed by atoms with Crippen molar-refractivity contribution in [3.05, 3.63) is 176 Å². The van der Waals surface area contributed by atoms with Gasteiger partial charge in [-0.05, 0) is 68.6 Å². The minimum atomic E-state index is 0.602. The van der Waals surface area contributed by atoms with E-state index >= 15 is 0 Å². The first-order chi connectivity index (χ1) is 25.3. The van der Waals surface area contributed by atoms with Crippen molar-refractivity contribution < 1.29 is 4.42 Å². The van der Waals surface area contributed by atoms with Crippen LogP contribution in [0.3, 0.4) is 0 Å². The highest BCUT2D eigenvalue weighted by Gasteiger charge is 2.22. The van der Waals surface area contributed by atoms with E-state index in [4.69, 9.17) is 19.4 Å². The van der Waals surface area contributed by atoms with Crippen molar-refractivity contribution in [2.45, 2.75) is 0 Å². The highest BCUT2D eigenvalue weighted by atomic mass is 16.3. The molecule has 0 amide bonds. The van der Waals surface area contributed by atoms with Crippen molar-refractivity contribution in [3.8, 4) is 56.4 Å². The lowest BCUT2D eigenvalue weighted by Gasteiger charge is -2.15. The molecule has 2 aromatic heterocycles. The summed E-state index contributed by atoms with van der Waals surface area (Å²) in [5.41, 5.74) is 8.88. The molecule has 10 aromatic rings. The molecule has 4 nitrogen and oxygen atoms in total. The number of furan rings is 1. The number of hydrogen-bond acceptors (Lipinski definition) is 4. The van der Waals surface area contributed by atoms with Crippen molar-refractivity contribution in [3.63, 3.8) is 0 Å². The second-order valence-corrected chi connectivity index (χ2v) is 12.8. The first-order valence-corrected chi connectivity index (χ1v) is 17.1. The predicted molar refractivity (Wildman–Crippen MR) is 209 cm³/mol. The first kappa shape index (κ1) is 29.0. The maximum Gasteiger partial charge on any atom is 0.164 e. The van der Waals surface area contributed by atoms with Gasteiger partial charge in [-0.2, -0.15) is 0 Å². The lowest BCUT2D eigenvalue weighted by molar-refractivity contribution is 0.669. The lowest BCUT2D eigenvalue weighted by Crippen LogP contribution is -2.01. The fraction of sp³-hybridized carbons (Fsp3) is 0. The van der Waals surface area contributed by atoms with Crippen LogP contribution < -0.4 is 0 Å². The maximum atomic E-state index is 6.46. The molecule has 0 unspecified atom stereocenters. The molecule has 0 atom stereocenters. The molecule has 4 heteroatoms. The van der Waals surface area contributed by atoms with E-state index in [0.717, 1.165) is 55.1 Å². The monoisotopic (exact) mass is 651 g/mol. The molecular weight excluding hydrogens is 623 g/mol. The number of para-hydroxylation sites is 1. The molecular formula is C47H29N3O. The molecule has 0 saturated heterocycles. The summed E-state index contributed by atoms with van der Waals surface area (Å²) >= 11 is 0. The molecule has 238 valence electrons. The van der Waals surface area contributed by atoms with Gasteiger partial charge < -0.3 is 4.42 Å². The third-order valence-corrected chi connectivity index (χ3v) is 9.71. The van der Waals surface area contributed by atoms with Crippen molar-refractivity contribution in [2.75, 3.05) is 0 Å². The summed E-state index contributed by atoms with van der Waals surface area (Å²) in [7, 11) is 0. The number of fused-ring (bicyclic) bond motifs is 5. The molecule has 0 aliphatic rings. The van der Waals surface area contributed by atoms with Gasteiger partial charge >= 0.3 is 0 Å². The normalized spacial score (nSPS) is 11.5. The number of aromatic nitrogens is 3. The third kappa shape index (κ3) is 5.04. The van der Waals surface area contributed by atoms with Crippen LogP contribution in [0.2, 0.25) is 0 Å². The van der Waals surface area contributed by atoms with Gasteiger partial charge in [0, 0.05) is 33.0 Å². The van der Waals surface area contributed by atoms with Crippen LogP contribution >= 0.6 is 0 Å². The van der Waals surface area contributed by atoms with Gasteiger partial charge in [-0.1, -0.05) is 146 Å². The summed E-state index contributed by atoms with van der Waals surface area (Å²) in [6.07, 6.45) is 0. The molecule has 0 radical (unpaired) electrons. The minimum Gasteiger partial charge on any atom is -0.456 e. The summed E-state index contributed by atoms with van der Waals surface area (Å²) in [6, 6.07) is 61.1. The van der Waals surface area contributed by atoms with Crippen molar-refractivity contribution in [1.29, 1.82) is 0 Å². The van der Waals surface area contributed by atoms with Crippen LogP contribution in [-0.2, 0) is 0 Å².